The molecular weight excluding hydrogens is 184 g/mol. The molecule has 3 heteroatoms. The number of rotatable bonds is 0. The van der Waals surface area contributed by atoms with Crippen molar-refractivity contribution >= 4 is 23.4 Å². The highest BCUT2D eigenvalue weighted by atomic mass is 32.1. The third-order valence-electron chi connectivity index (χ3n) is 1.97. The molecule has 0 fully saturated rings. The molecule has 2 aromatic carbocycles. The first kappa shape index (κ1) is 8.26. The molecule has 0 bridgehead atoms. The third kappa shape index (κ3) is 1.21. The second kappa shape index (κ2) is 2.85. The minimum atomic E-state index is -0.135. The van der Waals surface area contributed by atoms with E-state index in [1.807, 2.05) is 12.1 Å². The van der Waals surface area contributed by atoms with Gasteiger partial charge in [-0.05, 0) is 11.5 Å². The van der Waals surface area contributed by atoms with Crippen molar-refractivity contribution in [1.29, 1.82) is 0 Å². The average Bonchev–Trinajstić information content (AvgIpc) is 2.15. The van der Waals surface area contributed by atoms with Gasteiger partial charge in [0.1, 0.15) is 0 Å². The van der Waals surface area contributed by atoms with Crippen molar-refractivity contribution in [2.75, 3.05) is 0 Å². The fraction of sp³-hybridized carbons (Fsp3) is 0. The molecule has 0 radical (unpaired) electrons. The first-order valence-corrected chi connectivity index (χ1v) is 4.27. The molecule has 13 heavy (non-hydrogen) atoms. The minimum Gasteiger partial charge on any atom is -0.504 e. The van der Waals surface area contributed by atoms with E-state index in [2.05, 4.69) is 12.6 Å². The second-order valence-corrected chi connectivity index (χ2v) is 3.29. The van der Waals surface area contributed by atoms with E-state index >= 15 is 0 Å². The van der Waals surface area contributed by atoms with Gasteiger partial charge in [-0.15, -0.1) is 12.6 Å². The van der Waals surface area contributed by atoms with Crippen LogP contribution in [0, 0.1) is 0 Å². The molecule has 0 amide bonds. The van der Waals surface area contributed by atoms with Crippen LogP contribution in [0.2, 0.25) is 0 Å². The molecule has 2 N–H and O–H groups in total. The SMILES string of the molecule is Oc1cc(S)c2ccccc2c1O. The number of aromatic hydroxyl groups is 2. The summed E-state index contributed by atoms with van der Waals surface area (Å²) >= 11 is 4.20. The van der Waals surface area contributed by atoms with Crippen LogP contribution >= 0.6 is 12.6 Å². The maximum atomic E-state index is 9.50. The number of hydrogen-bond acceptors (Lipinski definition) is 3. The van der Waals surface area contributed by atoms with E-state index in [1.54, 1.807) is 12.1 Å². The maximum Gasteiger partial charge on any atom is 0.165 e. The molecule has 2 nitrogen and oxygen atoms in total. The number of benzene rings is 2. The van der Waals surface area contributed by atoms with Gasteiger partial charge in [0.25, 0.3) is 0 Å². The molecular formula is C10H8O2S. The van der Waals surface area contributed by atoms with Gasteiger partial charge >= 0.3 is 0 Å². The largest absolute Gasteiger partial charge is 0.504 e. The van der Waals surface area contributed by atoms with E-state index in [1.165, 1.54) is 6.07 Å². The highest BCUT2D eigenvalue weighted by Gasteiger charge is 2.07. The lowest BCUT2D eigenvalue weighted by Gasteiger charge is -2.05. The zero-order valence-corrected chi connectivity index (χ0v) is 7.62. The molecule has 0 saturated carbocycles. The molecule has 0 spiro atoms. The summed E-state index contributed by atoms with van der Waals surface area (Å²) in [5.41, 5.74) is 0. The van der Waals surface area contributed by atoms with Crippen LogP contribution in [0.15, 0.2) is 35.2 Å². The van der Waals surface area contributed by atoms with E-state index in [9.17, 15) is 10.2 Å². The molecule has 0 aliphatic carbocycles. The zero-order valence-electron chi connectivity index (χ0n) is 6.73. The van der Waals surface area contributed by atoms with Gasteiger partial charge in [-0.3, -0.25) is 0 Å². The van der Waals surface area contributed by atoms with E-state index in [-0.39, 0.29) is 11.5 Å². The molecule has 0 atom stereocenters. The smallest absolute Gasteiger partial charge is 0.165 e. The van der Waals surface area contributed by atoms with Crippen molar-refractivity contribution in [3.05, 3.63) is 30.3 Å². The number of phenolic OH excluding ortho intramolecular Hbond substituents is 2. The van der Waals surface area contributed by atoms with Crippen molar-refractivity contribution < 1.29 is 10.2 Å². The highest BCUT2D eigenvalue weighted by Crippen LogP contribution is 2.37. The van der Waals surface area contributed by atoms with Gasteiger partial charge in [-0.2, -0.15) is 0 Å². The van der Waals surface area contributed by atoms with Crippen LogP contribution in [-0.2, 0) is 0 Å². The Morgan fingerprint density at radius 3 is 2.31 bits per heavy atom. The summed E-state index contributed by atoms with van der Waals surface area (Å²) in [5, 5.41) is 20.3. The van der Waals surface area contributed by atoms with Crippen LogP contribution in [0.4, 0.5) is 0 Å². The van der Waals surface area contributed by atoms with E-state index in [0.717, 1.165) is 5.39 Å². The summed E-state index contributed by atoms with van der Waals surface area (Å²) in [6.45, 7) is 0. The molecule has 0 aromatic heterocycles. The Kier molecular flexibility index (Phi) is 1.81. The minimum absolute atomic E-state index is 0.0894. The fourth-order valence-corrected chi connectivity index (χ4v) is 1.64. The van der Waals surface area contributed by atoms with Gasteiger partial charge in [-0.1, -0.05) is 24.3 Å². The lowest BCUT2D eigenvalue weighted by atomic mass is 10.1. The normalized spacial score (nSPS) is 10.5. The summed E-state index contributed by atoms with van der Waals surface area (Å²) < 4.78 is 0. The zero-order chi connectivity index (χ0) is 9.42. The third-order valence-corrected chi connectivity index (χ3v) is 2.34. The summed E-state index contributed by atoms with van der Waals surface area (Å²) in [6, 6.07) is 8.68. The van der Waals surface area contributed by atoms with Crippen LogP contribution in [0.1, 0.15) is 0 Å². The maximum absolute atomic E-state index is 9.50. The number of hydrogen-bond donors (Lipinski definition) is 3. The number of phenols is 2. The molecule has 0 aliphatic heterocycles. The molecule has 2 rings (SSSR count). The van der Waals surface area contributed by atoms with Crippen LogP contribution in [0.25, 0.3) is 10.8 Å². The Labute approximate surface area is 80.9 Å². The summed E-state index contributed by atoms with van der Waals surface area (Å²) in [4.78, 5) is 0.658. The summed E-state index contributed by atoms with van der Waals surface area (Å²) in [7, 11) is 0. The highest BCUT2D eigenvalue weighted by molar-refractivity contribution is 7.80. The lowest BCUT2D eigenvalue weighted by molar-refractivity contribution is 0.407. The van der Waals surface area contributed by atoms with Crippen LogP contribution in [0.3, 0.4) is 0 Å². The van der Waals surface area contributed by atoms with Crippen molar-refractivity contribution in [1.82, 2.24) is 0 Å². The molecule has 2 aromatic rings. The Balaban J connectivity index is 2.97. The Morgan fingerprint density at radius 1 is 1.00 bits per heavy atom. The quantitative estimate of drug-likeness (QED) is 0.443. The Hall–Kier alpha value is -1.35. The van der Waals surface area contributed by atoms with Gasteiger partial charge in [0.05, 0.1) is 0 Å². The van der Waals surface area contributed by atoms with Crippen molar-refractivity contribution in [2.45, 2.75) is 4.90 Å². The Bertz CT molecular complexity index is 466. The Morgan fingerprint density at radius 2 is 1.62 bits per heavy atom. The number of fused-ring (bicyclic) bond motifs is 1. The first-order valence-electron chi connectivity index (χ1n) is 3.83. The second-order valence-electron chi connectivity index (χ2n) is 2.81. The van der Waals surface area contributed by atoms with Gasteiger partial charge in [0.2, 0.25) is 0 Å². The molecule has 0 aliphatic rings. The average molecular weight is 192 g/mol. The predicted octanol–water partition coefficient (Wildman–Crippen LogP) is 2.54. The van der Waals surface area contributed by atoms with Gasteiger partial charge in [-0.25, -0.2) is 0 Å². The standard InChI is InChI=1S/C10H8O2S/c11-8-5-9(13)6-3-1-2-4-7(6)10(8)12/h1-5,11-13H. The predicted molar refractivity (Wildman–Crippen MR) is 54.5 cm³/mol. The summed E-state index contributed by atoms with van der Waals surface area (Å²) in [6.07, 6.45) is 0. The van der Waals surface area contributed by atoms with Crippen molar-refractivity contribution in [3.8, 4) is 11.5 Å². The monoisotopic (exact) mass is 192 g/mol. The fourth-order valence-electron chi connectivity index (χ4n) is 1.33. The number of thiol groups is 1. The van der Waals surface area contributed by atoms with E-state index in [0.29, 0.717) is 10.3 Å². The topological polar surface area (TPSA) is 40.5 Å². The molecule has 66 valence electrons. The molecule has 0 unspecified atom stereocenters. The van der Waals surface area contributed by atoms with Crippen LogP contribution in [-0.4, -0.2) is 10.2 Å². The van der Waals surface area contributed by atoms with Crippen LogP contribution in [0.5, 0.6) is 11.5 Å². The van der Waals surface area contributed by atoms with E-state index in [4.69, 9.17) is 0 Å². The molecule has 0 saturated heterocycles. The van der Waals surface area contributed by atoms with Crippen molar-refractivity contribution in [3.63, 3.8) is 0 Å². The van der Waals surface area contributed by atoms with Gasteiger partial charge < -0.3 is 10.2 Å². The molecule has 0 heterocycles. The van der Waals surface area contributed by atoms with E-state index < -0.39 is 0 Å². The van der Waals surface area contributed by atoms with Gasteiger partial charge in [0, 0.05) is 10.3 Å². The summed E-state index contributed by atoms with van der Waals surface area (Å²) in [5.74, 6) is -0.225. The lowest BCUT2D eigenvalue weighted by Crippen LogP contribution is -1.77. The van der Waals surface area contributed by atoms with Gasteiger partial charge in [0.15, 0.2) is 11.5 Å². The van der Waals surface area contributed by atoms with Crippen LogP contribution < -0.4 is 0 Å². The van der Waals surface area contributed by atoms with Crippen molar-refractivity contribution in [2.24, 2.45) is 0 Å². The first-order chi connectivity index (χ1) is 6.20.